The van der Waals surface area contributed by atoms with Crippen LogP contribution in [0.25, 0.3) is 17.1 Å². The quantitative estimate of drug-likeness (QED) is 0.266. The smallest absolute Gasteiger partial charge is 0.342 e. The highest BCUT2D eigenvalue weighted by molar-refractivity contribution is 5.90. The molecular weight excluding hydrogens is 544 g/mol. The van der Waals surface area contributed by atoms with E-state index in [0.29, 0.717) is 30.8 Å². The lowest BCUT2D eigenvalue weighted by Gasteiger charge is -2.38. The van der Waals surface area contributed by atoms with Crippen molar-refractivity contribution in [3.63, 3.8) is 0 Å². The number of fused-ring (bicyclic) bond motifs is 1. The molecule has 1 unspecified atom stereocenters. The average Bonchev–Trinajstić information content (AvgIpc) is 3.46. The molecule has 1 fully saturated rings. The molecule has 9 nitrogen and oxygen atoms in total. The molecule has 4 heterocycles. The highest BCUT2D eigenvalue weighted by Gasteiger charge is 2.27. The Morgan fingerprint density at radius 2 is 1.98 bits per heavy atom. The second-order valence-electron chi connectivity index (χ2n) is 11.2. The zero-order valence-electron chi connectivity index (χ0n) is 25.0. The van der Waals surface area contributed by atoms with Crippen molar-refractivity contribution in [3.8, 4) is 28.7 Å². The standard InChI is InChI=1S/C34H38N4O5/c1-4-42-33-29(34(39)40)18-35-38(33)31-12-6-11-30(36-31)28-10-5-8-22(2)32(28)43-20-25-14-13-24-19-37(16-15-27(24)23(25)3)26-9-7-17-41-21-26/h5-6,8,10-14,18,26H,4,7,9,15-17,19-21H2,1-3H3,(H,39,40). The Kier molecular flexibility index (Phi) is 8.44. The predicted octanol–water partition coefficient (Wildman–Crippen LogP) is 5.76. The van der Waals surface area contributed by atoms with E-state index in [-0.39, 0.29) is 11.4 Å². The van der Waals surface area contributed by atoms with Crippen molar-refractivity contribution >= 4 is 5.97 Å². The summed E-state index contributed by atoms with van der Waals surface area (Å²) in [5.41, 5.74) is 7.89. The first-order chi connectivity index (χ1) is 20.9. The number of rotatable bonds is 9. The van der Waals surface area contributed by atoms with Crippen molar-refractivity contribution < 1.29 is 24.1 Å². The lowest BCUT2D eigenvalue weighted by atomic mass is 9.91. The molecule has 4 aromatic rings. The van der Waals surface area contributed by atoms with Gasteiger partial charge in [0.15, 0.2) is 5.82 Å². The summed E-state index contributed by atoms with van der Waals surface area (Å²) in [7, 11) is 0. The molecule has 1 N–H and O–H groups in total. The van der Waals surface area contributed by atoms with Crippen molar-refractivity contribution in [2.45, 2.75) is 59.2 Å². The average molecular weight is 583 g/mol. The summed E-state index contributed by atoms with van der Waals surface area (Å²) < 4.78 is 19.4. The van der Waals surface area contributed by atoms with Gasteiger partial charge in [0, 0.05) is 31.3 Å². The van der Waals surface area contributed by atoms with Gasteiger partial charge < -0.3 is 19.3 Å². The van der Waals surface area contributed by atoms with Crippen molar-refractivity contribution in [2.75, 3.05) is 26.4 Å². The first-order valence-electron chi connectivity index (χ1n) is 15.0. The van der Waals surface area contributed by atoms with Crippen LogP contribution in [-0.2, 0) is 24.3 Å². The third kappa shape index (κ3) is 5.87. The van der Waals surface area contributed by atoms with Gasteiger partial charge in [-0.1, -0.05) is 30.3 Å². The van der Waals surface area contributed by atoms with Gasteiger partial charge in [-0.15, -0.1) is 0 Å². The normalized spacial score (nSPS) is 17.0. The van der Waals surface area contributed by atoms with Crippen LogP contribution in [0.15, 0.2) is 54.7 Å². The summed E-state index contributed by atoms with van der Waals surface area (Å²) >= 11 is 0. The molecule has 1 atom stereocenters. The summed E-state index contributed by atoms with van der Waals surface area (Å²) in [6.07, 6.45) is 4.69. The fourth-order valence-corrected chi connectivity index (χ4v) is 6.20. The maximum atomic E-state index is 11.7. The Morgan fingerprint density at radius 3 is 2.77 bits per heavy atom. The van der Waals surface area contributed by atoms with Crippen LogP contribution >= 0.6 is 0 Å². The third-order valence-corrected chi connectivity index (χ3v) is 8.53. The van der Waals surface area contributed by atoms with Crippen molar-refractivity contribution in [3.05, 3.63) is 88.1 Å². The molecule has 6 rings (SSSR count). The number of benzene rings is 2. The van der Waals surface area contributed by atoms with E-state index in [0.717, 1.165) is 56.0 Å². The Labute approximate surface area is 252 Å². The Hall–Kier alpha value is -4.21. The molecule has 0 spiro atoms. The topological polar surface area (TPSA) is 98.9 Å². The molecule has 0 radical (unpaired) electrons. The van der Waals surface area contributed by atoms with Crippen LogP contribution in [0.4, 0.5) is 0 Å². The molecule has 2 aliphatic rings. The number of hydrogen-bond acceptors (Lipinski definition) is 7. The molecular formula is C34H38N4O5. The van der Waals surface area contributed by atoms with Gasteiger partial charge >= 0.3 is 5.97 Å². The SMILES string of the molecule is CCOc1c(C(=O)O)cnn1-c1cccc(-c2cccc(C)c2OCc2ccc3c(c2C)CCN(C2CCCOC2)C3)n1. The fraction of sp³-hybridized carbons (Fsp3) is 0.382. The van der Waals surface area contributed by atoms with Gasteiger partial charge in [0.25, 0.3) is 0 Å². The van der Waals surface area contributed by atoms with Crippen molar-refractivity contribution in [2.24, 2.45) is 0 Å². The van der Waals surface area contributed by atoms with Crippen molar-refractivity contribution in [1.29, 1.82) is 0 Å². The number of hydrogen-bond donors (Lipinski definition) is 1. The zero-order valence-corrected chi connectivity index (χ0v) is 25.0. The van der Waals surface area contributed by atoms with Gasteiger partial charge in [0.2, 0.25) is 5.88 Å². The number of nitrogens with zero attached hydrogens (tertiary/aromatic N) is 4. The van der Waals surface area contributed by atoms with Gasteiger partial charge in [-0.25, -0.2) is 9.78 Å². The summed E-state index contributed by atoms with van der Waals surface area (Å²) in [6, 6.07) is 16.6. The molecule has 0 amide bonds. The number of ether oxygens (including phenoxy) is 3. The van der Waals surface area contributed by atoms with E-state index >= 15 is 0 Å². The van der Waals surface area contributed by atoms with E-state index < -0.39 is 5.97 Å². The highest BCUT2D eigenvalue weighted by atomic mass is 16.5. The van der Waals surface area contributed by atoms with Crippen LogP contribution in [0.1, 0.15) is 57.9 Å². The van der Waals surface area contributed by atoms with E-state index in [2.05, 4.69) is 29.1 Å². The van der Waals surface area contributed by atoms with Gasteiger partial charge in [-0.2, -0.15) is 9.78 Å². The monoisotopic (exact) mass is 582 g/mol. The lowest BCUT2D eigenvalue weighted by molar-refractivity contribution is 0.0125. The number of para-hydroxylation sites is 1. The Balaban J connectivity index is 1.24. The molecule has 224 valence electrons. The van der Waals surface area contributed by atoms with Gasteiger partial charge in [0.1, 0.15) is 17.9 Å². The Bertz CT molecular complexity index is 1630. The van der Waals surface area contributed by atoms with Gasteiger partial charge in [0.05, 0.1) is 25.1 Å². The maximum absolute atomic E-state index is 11.7. The fourth-order valence-electron chi connectivity index (χ4n) is 6.20. The molecule has 2 aromatic carbocycles. The van der Waals surface area contributed by atoms with Crippen LogP contribution in [0, 0.1) is 13.8 Å². The molecule has 0 aliphatic carbocycles. The molecule has 2 aliphatic heterocycles. The summed E-state index contributed by atoms with van der Waals surface area (Å²) in [5.74, 6) is 0.275. The first kappa shape index (κ1) is 28.9. The van der Waals surface area contributed by atoms with E-state index in [1.54, 1.807) is 13.0 Å². The number of carboxylic acid groups (broad SMARTS) is 1. The third-order valence-electron chi connectivity index (χ3n) is 8.53. The van der Waals surface area contributed by atoms with Crippen molar-refractivity contribution in [1.82, 2.24) is 19.7 Å². The molecule has 9 heteroatoms. The first-order valence-corrected chi connectivity index (χ1v) is 15.0. The van der Waals surface area contributed by atoms with Gasteiger partial charge in [-0.3, -0.25) is 4.90 Å². The zero-order chi connectivity index (χ0) is 29.9. The number of aromatic carboxylic acids is 1. The van der Waals surface area contributed by atoms with Crippen LogP contribution < -0.4 is 9.47 Å². The predicted molar refractivity (Wildman–Crippen MR) is 163 cm³/mol. The van der Waals surface area contributed by atoms with Crippen LogP contribution in [0.5, 0.6) is 11.6 Å². The molecule has 0 bridgehead atoms. The number of aryl methyl sites for hydroxylation is 1. The number of aromatic nitrogens is 3. The summed E-state index contributed by atoms with van der Waals surface area (Å²) in [6.45, 7) is 10.6. The van der Waals surface area contributed by atoms with E-state index in [1.807, 2.05) is 37.3 Å². The molecule has 1 saturated heterocycles. The summed E-state index contributed by atoms with van der Waals surface area (Å²) in [4.78, 5) is 19.1. The van der Waals surface area contributed by atoms with E-state index in [4.69, 9.17) is 19.2 Å². The highest BCUT2D eigenvalue weighted by Crippen LogP contribution is 2.35. The minimum atomic E-state index is -1.10. The Morgan fingerprint density at radius 1 is 1.12 bits per heavy atom. The molecule has 0 saturated carbocycles. The van der Waals surface area contributed by atoms with Crippen LogP contribution in [-0.4, -0.2) is 63.1 Å². The summed E-state index contributed by atoms with van der Waals surface area (Å²) in [5, 5.41) is 13.8. The second-order valence-corrected chi connectivity index (χ2v) is 11.2. The van der Waals surface area contributed by atoms with E-state index in [9.17, 15) is 9.90 Å². The number of pyridine rings is 1. The maximum Gasteiger partial charge on any atom is 0.342 e. The van der Waals surface area contributed by atoms with Gasteiger partial charge in [-0.05, 0) is 86.1 Å². The number of carboxylic acids is 1. The number of carbonyl (C=O) groups is 1. The second kappa shape index (κ2) is 12.6. The lowest BCUT2D eigenvalue weighted by Crippen LogP contribution is -2.44. The molecule has 43 heavy (non-hydrogen) atoms. The minimum absolute atomic E-state index is 0.00948. The molecule has 2 aromatic heterocycles. The minimum Gasteiger partial charge on any atom is -0.488 e. The van der Waals surface area contributed by atoms with Crippen LogP contribution in [0.3, 0.4) is 0 Å². The van der Waals surface area contributed by atoms with E-state index in [1.165, 1.54) is 39.6 Å². The van der Waals surface area contributed by atoms with Crippen LogP contribution in [0.2, 0.25) is 0 Å². The largest absolute Gasteiger partial charge is 0.488 e.